The molecule has 0 atom stereocenters. The van der Waals surface area contributed by atoms with Crippen LogP contribution in [0.25, 0.3) is 0 Å². The van der Waals surface area contributed by atoms with Crippen molar-refractivity contribution in [3.63, 3.8) is 0 Å². The minimum atomic E-state index is 0.0244. The third-order valence-electron chi connectivity index (χ3n) is 4.48. The lowest BCUT2D eigenvalue weighted by Crippen LogP contribution is -2.40. The second-order valence-electron chi connectivity index (χ2n) is 6.37. The number of carbonyl (C=O) groups excluding carboxylic acids is 1. The molecule has 0 saturated carbocycles. The molecule has 132 valence electrons. The van der Waals surface area contributed by atoms with Crippen LogP contribution in [0.1, 0.15) is 24.0 Å². The van der Waals surface area contributed by atoms with Crippen LogP contribution in [0.4, 0.5) is 11.8 Å². The van der Waals surface area contributed by atoms with Gasteiger partial charge in [-0.3, -0.25) is 4.79 Å². The molecule has 1 aliphatic rings. The molecule has 2 heterocycles. The van der Waals surface area contributed by atoms with Crippen molar-refractivity contribution in [2.24, 2.45) is 5.92 Å². The highest BCUT2D eigenvalue weighted by atomic mass is 35.5. The molecule has 0 spiro atoms. The minimum Gasteiger partial charge on any atom is -0.368 e. The molecule has 6 nitrogen and oxygen atoms in total. The van der Waals surface area contributed by atoms with Crippen LogP contribution < -0.4 is 16.0 Å². The van der Waals surface area contributed by atoms with Crippen molar-refractivity contribution in [3.8, 4) is 0 Å². The average molecular weight is 360 g/mol. The van der Waals surface area contributed by atoms with Crippen molar-refractivity contribution in [1.29, 1.82) is 0 Å². The Morgan fingerprint density at radius 1 is 1.28 bits per heavy atom. The summed E-state index contributed by atoms with van der Waals surface area (Å²) in [6, 6.07) is 9.90. The van der Waals surface area contributed by atoms with Crippen LogP contribution in [-0.4, -0.2) is 29.0 Å². The monoisotopic (exact) mass is 359 g/mol. The van der Waals surface area contributed by atoms with Crippen LogP contribution >= 0.6 is 11.6 Å². The number of hydrogen-bond donors (Lipinski definition) is 2. The maximum Gasteiger partial charge on any atom is 0.223 e. The summed E-state index contributed by atoms with van der Waals surface area (Å²) in [6.07, 6.45) is 1.56. The predicted molar refractivity (Wildman–Crippen MR) is 99.4 cm³/mol. The molecule has 7 heteroatoms. The van der Waals surface area contributed by atoms with Gasteiger partial charge in [0.15, 0.2) is 0 Å². The first-order valence-corrected chi connectivity index (χ1v) is 8.77. The SMILES string of the molecule is Cc1ccc(CNC(=O)C2CCN(c3cc(Cl)nc(N)n3)CC2)cc1. The zero-order valence-corrected chi connectivity index (χ0v) is 15.0. The second-order valence-corrected chi connectivity index (χ2v) is 6.76. The van der Waals surface area contributed by atoms with E-state index in [1.54, 1.807) is 6.07 Å². The third kappa shape index (κ3) is 4.60. The number of anilines is 2. The van der Waals surface area contributed by atoms with Gasteiger partial charge in [0.2, 0.25) is 11.9 Å². The number of benzene rings is 1. The topological polar surface area (TPSA) is 84.1 Å². The van der Waals surface area contributed by atoms with Gasteiger partial charge in [0.05, 0.1) is 0 Å². The summed E-state index contributed by atoms with van der Waals surface area (Å²) in [4.78, 5) is 22.6. The minimum absolute atomic E-state index is 0.0244. The van der Waals surface area contributed by atoms with Crippen LogP contribution in [0.15, 0.2) is 30.3 Å². The van der Waals surface area contributed by atoms with Crippen molar-refractivity contribution in [1.82, 2.24) is 15.3 Å². The van der Waals surface area contributed by atoms with Crippen molar-refractivity contribution < 1.29 is 4.79 Å². The molecule has 1 saturated heterocycles. The summed E-state index contributed by atoms with van der Waals surface area (Å²) in [7, 11) is 0. The standard InChI is InChI=1S/C18H22ClN5O/c1-12-2-4-13(5-3-12)11-21-17(25)14-6-8-24(9-7-14)16-10-15(19)22-18(20)23-16/h2-5,10,14H,6-9,11H2,1H3,(H,21,25)(H2,20,22,23). The van der Waals surface area contributed by atoms with E-state index < -0.39 is 0 Å². The average Bonchev–Trinajstić information content (AvgIpc) is 2.60. The summed E-state index contributed by atoms with van der Waals surface area (Å²) in [5.41, 5.74) is 7.98. The molecular formula is C18H22ClN5O. The fourth-order valence-corrected chi connectivity index (χ4v) is 3.18. The Bertz CT molecular complexity index is 721. The molecular weight excluding hydrogens is 338 g/mol. The van der Waals surface area contributed by atoms with E-state index in [0.717, 1.165) is 37.3 Å². The number of aryl methyl sites for hydroxylation is 1. The van der Waals surface area contributed by atoms with Gasteiger partial charge in [0, 0.05) is 31.6 Å². The first kappa shape index (κ1) is 17.5. The number of nitrogen functional groups attached to an aromatic ring is 1. The van der Waals surface area contributed by atoms with Crippen molar-refractivity contribution in [3.05, 3.63) is 46.6 Å². The molecule has 25 heavy (non-hydrogen) atoms. The summed E-state index contributed by atoms with van der Waals surface area (Å²) in [5, 5.41) is 3.37. The van der Waals surface area contributed by atoms with Crippen LogP contribution in [0, 0.1) is 12.8 Å². The van der Waals surface area contributed by atoms with Gasteiger partial charge in [-0.25, -0.2) is 4.98 Å². The third-order valence-corrected chi connectivity index (χ3v) is 4.67. The Hall–Kier alpha value is -2.34. The van der Waals surface area contributed by atoms with Gasteiger partial charge in [0.1, 0.15) is 11.0 Å². The molecule has 3 rings (SSSR count). The largest absolute Gasteiger partial charge is 0.368 e. The fraction of sp³-hybridized carbons (Fsp3) is 0.389. The van der Waals surface area contributed by atoms with Crippen molar-refractivity contribution >= 4 is 29.3 Å². The van der Waals surface area contributed by atoms with Crippen LogP contribution in [0.3, 0.4) is 0 Å². The molecule has 0 bridgehead atoms. The first-order chi connectivity index (χ1) is 12.0. The van der Waals surface area contributed by atoms with E-state index in [1.165, 1.54) is 5.56 Å². The molecule has 1 aromatic heterocycles. The number of aromatic nitrogens is 2. The number of nitrogens with zero attached hydrogens (tertiary/aromatic N) is 3. The maximum absolute atomic E-state index is 12.4. The van der Waals surface area contributed by atoms with Crippen LogP contribution in [-0.2, 0) is 11.3 Å². The molecule has 2 aromatic rings. The summed E-state index contributed by atoms with van der Waals surface area (Å²) < 4.78 is 0. The van der Waals surface area contributed by atoms with E-state index in [4.69, 9.17) is 17.3 Å². The predicted octanol–water partition coefficient (Wildman–Crippen LogP) is 2.55. The fourth-order valence-electron chi connectivity index (χ4n) is 3.00. The highest BCUT2D eigenvalue weighted by Gasteiger charge is 2.25. The van der Waals surface area contributed by atoms with Gasteiger partial charge in [-0.2, -0.15) is 4.98 Å². The van der Waals surface area contributed by atoms with Gasteiger partial charge in [-0.15, -0.1) is 0 Å². The number of hydrogen-bond acceptors (Lipinski definition) is 5. The van der Waals surface area contributed by atoms with Crippen LogP contribution in [0.5, 0.6) is 0 Å². The van der Waals surface area contributed by atoms with E-state index in [1.807, 2.05) is 12.1 Å². The lowest BCUT2D eigenvalue weighted by atomic mass is 9.96. The lowest BCUT2D eigenvalue weighted by Gasteiger charge is -2.32. The number of amides is 1. The molecule has 1 aromatic carbocycles. The van der Waals surface area contributed by atoms with Gasteiger partial charge < -0.3 is 16.0 Å². The Morgan fingerprint density at radius 3 is 2.60 bits per heavy atom. The van der Waals surface area contributed by atoms with Gasteiger partial charge >= 0.3 is 0 Å². The molecule has 1 fully saturated rings. The maximum atomic E-state index is 12.4. The van der Waals surface area contributed by atoms with Gasteiger partial charge in [0.25, 0.3) is 0 Å². The highest BCUT2D eigenvalue weighted by molar-refractivity contribution is 6.29. The molecule has 1 amide bonds. The normalized spacial score (nSPS) is 15.2. The van der Waals surface area contributed by atoms with E-state index in [-0.39, 0.29) is 17.8 Å². The molecule has 0 unspecified atom stereocenters. The number of piperidine rings is 1. The Morgan fingerprint density at radius 2 is 1.96 bits per heavy atom. The Balaban J connectivity index is 1.51. The number of nitrogens with two attached hydrogens (primary N) is 1. The van der Waals surface area contributed by atoms with Gasteiger partial charge in [-0.05, 0) is 25.3 Å². The smallest absolute Gasteiger partial charge is 0.223 e. The van der Waals surface area contributed by atoms with Gasteiger partial charge in [-0.1, -0.05) is 41.4 Å². The molecule has 3 N–H and O–H groups in total. The highest BCUT2D eigenvalue weighted by Crippen LogP contribution is 2.24. The quantitative estimate of drug-likeness (QED) is 0.819. The van der Waals surface area contributed by atoms with Crippen molar-refractivity contribution in [2.75, 3.05) is 23.7 Å². The lowest BCUT2D eigenvalue weighted by molar-refractivity contribution is -0.125. The van der Waals surface area contributed by atoms with E-state index in [2.05, 4.69) is 39.2 Å². The summed E-state index contributed by atoms with van der Waals surface area (Å²) in [5.74, 6) is 1.02. The summed E-state index contributed by atoms with van der Waals surface area (Å²) >= 11 is 5.94. The molecule has 1 aliphatic heterocycles. The van der Waals surface area contributed by atoms with E-state index >= 15 is 0 Å². The van der Waals surface area contributed by atoms with Crippen LogP contribution in [0.2, 0.25) is 5.15 Å². The summed E-state index contributed by atoms with van der Waals surface area (Å²) in [6.45, 7) is 4.11. The zero-order chi connectivity index (χ0) is 17.8. The molecule has 0 radical (unpaired) electrons. The molecule has 0 aliphatic carbocycles. The second kappa shape index (κ2) is 7.70. The number of carbonyl (C=O) groups is 1. The first-order valence-electron chi connectivity index (χ1n) is 8.39. The number of nitrogens with one attached hydrogen (secondary N) is 1. The Labute approximate surface area is 152 Å². The van der Waals surface area contributed by atoms with Crippen molar-refractivity contribution in [2.45, 2.75) is 26.3 Å². The number of halogens is 1. The van der Waals surface area contributed by atoms with E-state index in [9.17, 15) is 4.79 Å². The zero-order valence-electron chi connectivity index (χ0n) is 14.2. The number of rotatable bonds is 4. The Kier molecular flexibility index (Phi) is 5.38. The van der Waals surface area contributed by atoms with E-state index in [0.29, 0.717) is 11.7 Å².